The van der Waals surface area contributed by atoms with Crippen molar-refractivity contribution in [3.05, 3.63) is 131 Å². The van der Waals surface area contributed by atoms with E-state index in [0.29, 0.717) is 0 Å². The molecule has 0 bridgehead atoms. The molecule has 8 rings (SSSR count). The summed E-state index contributed by atoms with van der Waals surface area (Å²) in [5.74, 6) is 0. The van der Waals surface area contributed by atoms with E-state index in [9.17, 15) is 0 Å². The third-order valence-electron chi connectivity index (χ3n) is 8.97. The summed E-state index contributed by atoms with van der Waals surface area (Å²) in [6, 6.07) is 33.8. The summed E-state index contributed by atoms with van der Waals surface area (Å²) >= 11 is 0. The number of rotatable bonds is 2. The van der Waals surface area contributed by atoms with Gasteiger partial charge in [0.15, 0.2) is 0 Å². The summed E-state index contributed by atoms with van der Waals surface area (Å²) in [4.78, 5) is 0. The van der Waals surface area contributed by atoms with Crippen molar-refractivity contribution in [2.24, 2.45) is 0 Å². The number of hydrogen-bond donors (Lipinski definition) is 2. The molecule has 0 fully saturated rings. The smallest absolute Gasteiger partial charge is 0.128 e. The number of para-hydroxylation sites is 1. The molecular formula is C35H31N3. The van der Waals surface area contributed by atoms with Crippen LogP contribution in [0.1, 0.15) is 55.6 Å². The number of fused-ring (bicyclic) bond motifs is 6. The lowest BCUT2D eigenvalue weighted by atomic mass is 9.82. The van der Waals surface area contributed by atoms with Gasteiger partial charge in [-0.1, -0.05) is 92.7 Å². The topological polar surface area (TPSA) is 29.0 Å². The molecule has 1 aliphatic heterocycles. The van der Waals surface area contributed by atoms with Gasteiger partial charge in [0.05, 0.1) is 22.8 Å². The molecule has 0 saturated carbocycles. The summed E-state index contributed by atoms with van der Waals surface area (Å²) in [6.45, 7) is 4.74. The van der Waals surface area contributed by atoms with E-state index in [1.165, 1.54) is 61.0 Å². The molecule has 3 nitrogen and oxygen atoms in total. The Bertz CT molecular complexity index is 1800. The maximum Gasteiger partial charge on any atom is 0.128 e. The van der Waals surface area contributed by atoms with Gasteiger partial charge in [-0.3, -0.25) is 0 Å². The van der Waals surface area contributed by atoms with Crippen molar-refractivity contribution in [2.45, 2.75) is 44.3 Å². The van der Waals surface area contributed by atoms with Gasteiger partial charge in [-0.05, 0) is 64.9 Å². The highest BCUT2D eigenvalue weighted by Gasteiger charge is 2.38. The Morgan fingerprint density at radius 1 is 0.737 bits per heavy atom. The van der Waals surface area contributed by atoms with Gasteiger partial charge in [0.1, 0.15) is 6.17 Å². The van der Waals surface area contributed by atoms with E-state index in [4.69, 9.17) is 0 Å². The largest absolute Gasteiger partial charge is 0.373 e. The molecule has 5 aromatic rings. The Labute approximate surface area is 223 Å². The van der Waals surface area contributed by atoms with Gasteiger partial charge in [0.2, 0.25) is 0 Å². The molecule has 2 atom stereocenters. The molecule has 0 saturated heterocycles. The van der Waals surface area contributed by atoms with Crippen molar-refractivity contribution in [3.8, 4) is 11.1 Å². The lowest BCUT2D eigenvalue weighted by Gasteiger charge is -2.40. The Morgan fingerprint density at radius 3 is 2.42 bits per heavy atom. The first-order valence-electron chi connectivity index (χ1n) is 13.8. The van der Waals surface area contributed by atoms with Gasteiger partial charge in [-0.2, -0.15) is 0 Å². The average molecular weight is 494 g/mol. The molecular weight excluding hydrogens is 462 g/mol. The fourth-order valence-electron chi connectivity index (χ4n) is 7.09. The number of nitrogens with zero attached hydrogens (tertiary/aromatic N) is 1. The predicted molar refractivity (Wildman–Crippen MR) is 157 cm³/mol. The summed E-state index contributed by atoms with van der Waals surface area (Å²) in [7, 11) is 0. The molecule has 0 radical (unpaired) electrons. The maximum atomic E-state index is 4.03. The molecule has 3 aliphatic rings. The van der Waals surface area contributed by atoms with E-state index in [2.05, 4.69) is 132 Å². The fourth-order valence-corrected chi connectivity index (χ4v) is 7.09. The number of hydrogen-bond acceptors (Lipinski definition) is 2. The van der Waals surface area contributed by atoms with Gasteiger partial charge >= 0.3 is 0 Å². The quantitative estimate of drug-likeness (QED) is 0.260. The summed E-state index contributed by atoms with van der Waals surface area (Å²) < 4.78 is 2.57. The first kappa shape index (κ1) is 21.8. The van der Waals surface area contributed by atoms with Crippen molar-refractivity contribution < 1.29 is 0 Å². The van der Waals surface area contributed by atoms with Gasteiger partial charge in [0.25, 0.3) is 0 Å². The fraction of sp³-hybridized carbons (Fsp3) is 0.200. The SMILES string of the molecule is CC1(C)c2ccccc2-c2cc3c4ccccc4n(C4NC5=C(C=CCC5)NC4c4ccccc4)c3cc21. The summed E-state index contributed by atoms with van der Waals surface area (Å²) in [5, 5.41) is 10.6. The molecule has 1 aromatic heterocycles. The zero-order valence-corrected chi connectivity index (χ0v) is 21.8. The molecule has 2 N–H and O–H groups in total. The van der Waals surface area contributed by atoms with Gasteiger partial charge in [-0.15, -0.1) is 0 Å². The molecule has 2 aliphatic carbocycles. The molecule has 2 heterocycles. The second kappa shape index (κ2) is 7.88. The van der Waals surface area contributed by atoms with Crippen LogP contribution in [0.4, 0.5) is 0 Å². The van der Waals surface area contributed by atoms with Crippen LogP contribution in [-0.4, -0.2) is 4.57 Å². The monoisotopic (exact) mass is 493 g/mol. The molecule has 3 heteroatoms. The Balaban J connectivity index is 1.42. The molecule has 0 amide bonds. The number of nitrogens with one attached hydrogen (secondary N) is 2. The second-order valence-corrected chi connectivity index (χ2v) is 11.4. The molecule has 186 valence electrons. The van der Waals surface area contributed by atoms with Crippen LogP contribution >= 0.6 is 0 Å². The van der Waals surface area contributed by atoms with Crippen molar-refractivity contribution in [1.82, 2.24) is 15.2 Å². The first-order valence-corrected chi connectivity index (χ1v) is 13.8. The van der Waals surface area contributed by atoms with E-state index >= 15 is 0 Å². The van der Waals surface area contributed by atoms with E-state index in [-0.39, 0.29) is 17.6 Å². The lowest BCUT2D eigenvalue weighted by molar-refractivity contribution is 0.319. The van der Waals surface area contributed by atoms with Gasteiger partial charge < -0.3 is 15.2 Å². The third kappa shape index (κ3) is 2.96. The normalized spacial score (nSPS) is 21.1. The molecule has 4 aromatic carbocycles. The number of allylic oxidation sites excluding steroid dienone is 3. The highest BCUT2D eigenvalue weighted by atomic mass is 15.3. The van der Waals surface area contributed by atoms with Crippen molar-refractivity contribution in [2.75, 3.05) is 0 Å². The van der Waals surface area contributed by atoms with Crippen LogP contribution in [0.25, 0.3) is 32.9 Å². The van der Waals surface area contributed by atoms with E-state index in [1.54, 1.807) is 0 Å². The Hall–Kier alpha value is -4.24. The molecule has 2 unspecified atom stereocenters. The molecule has 38 heavy (non-hydrogen) atoms. The minimum atomic E-state index is -0.0393. The van der Waals surface area contributed by atoms with Crippen molar-refractivity contribution in [3.63, 3.8) is 0 Å². The first-order chi connectivity index (χ1) is 18.6. The molecule has 0 spiro atoms. The lowest BCUT2D eigenvalue weighted by Crippen LogP contribution is -2.44. The zero-order chi connectivity index (χ0) is 25.4. The van der Waals surface area contributed by atoms with Crippen LogP contribution in [0.2, 0.25) is 0 Å². The Morgan fingerprint density at radius 2 is 1.53 bits per heavy atom. The average Bonchev–Trinajstić information content (AvgIpc) is 3.40. The van der Waals surface area contributed by atoms with Crippen LogP contribution in [0, 0.1) is 0 Å². The maximum absolute atomic E-state index is 4.03. The van der Waals surface area contributed by atoms with E-state index in [1.807, 2.05) is 0 Å². The minimum Gasteiger partial charge on any atom is -0.373 e. The van der Waals surface area contributed by atoms with Crippen LogP contribution < -0.4 is 10.6 Å². The van der Waals surface area contributed by atoms with E-state index in [0.717, 1.165) is 12.8 Å². The van der Waals surface area contributed by atoms with E-state index < -0.39 is 0 Å². The third-order valence-corrected chi connectivity index (χ3v) is 8.97. The highest BCUT2D eigenvalue weighted by molar-refractivity contribution is 6.10. The van der Waals surface area contributed by atoms with Gasteiger partial charge in [-0.25, -0.2) is 0 Å². The van der Waals surface area contributed by atoms with Crippen molar-refractivity contribution >= 4 is 21.8 Å². The second-order valence-electron chi connectivity index (χ2n) is 11.4. The summed E-state index contributed by atoms with van der Waals surface area (Å²) in [6.07, 6.45) is 6.67. The standard InChI is InChI=1S/C35H31N3/c1-35(2)27-16-8-6-14-23(27)25-20-26-24-15-7-11-19-31(24)38(32(26)21-28(25)35)34-33(22-12-4-3-5-13-22)36-29-17-9-10-18-30(29)37-34/h3-9,11-17,19-21,33-34,36-37H,10,18H2,1-2H3. The number of benzene rings is 4. The van der Waals surface area contributed by atoms with Crippen molar-refractivity contribution in [1.29, 1.82) is 0 Å². The predicted octanol–water partition coefficient (Wildman–Crippen LogP) is 8.10. The zero-order valence-electron chi connectivity index (χ0n) is 21.8. The Kier molecular flexibility index (Phi) is 4.52. The van der Waals surface area contributed by atoms with Crippen LogP contribution in [-0.2, 0) is 5.41 Å². The number of aromatic nitrogens is 1. The summed E-state index contributed by atoms with van der Waals surface area (Å²) in [5.41, 5.74) is 11.9. The van der Waals surface area contributed by atoms with Crippen LogP contribution in [0.15, 0.2) is 115 Å². The van der Waals surface area contributed by atoms with Crippen LogP contribution in [0.3, 0.4) is 0 Å². The van der Waals surface area contributed by atoms with Gasteiger partial charge in [0, 0.05) is 21.9 Å². The van der Waals surface area contributed by atoms with Crippen LogP contribution in [0.5, 0.6) is 0 Å². The highest BCUT2D eigenvalue weighted by Crippen LogP contribution is 2.51. The minimum absolute atomic E-state index is 0.0370.